The predicted octanol–water partition coefficient (Wildman–Crippen LogP) is 1.52. The van der Waals surface area contributed by atoms with Gasteiger partial charge in [0.15, 0.2) is 0 Å². The van der Waals surface area contributed by atoms with Crippen LogP contribution in [-0.4, -0.2) is 17.0 Å². The van der Waals surface area contributed by atoms with Crippen molar-refractivity contribution in [2.24, 2.45) is 11.8 Å². The first kappa shape index (κ1) is 8.24. The van der Waals surface area contributed by atoms with Gasteiger partial charge >= 0.3 is 0 Å². The maximum Gasteiger partial charge on any atom is 0.138 e. The third-order valence-electron chi connectivity index (χ3n) is 3.33. The number of carbonyl (C=O) groups excluding carboxylic acids is 1. The lowest BCUT2D eigenvalue weighted by atomic mass is 9.69. The first-order valence-electron chi connectivity index (χ1n) is 4.98. The van der Waals surface area contributed by atoms with E-state index in [9.17, 15) is 9.90 Å². The van der Waals surface area contributed by atoms with Crippen molar-refractivity contribution in [3.8, 4) is 0 Å². The molecule has 2 aliphatic rings. The zero-order chi connectivity index (χ0) is 8.55. The molecule has 2 fully saturated rings. The second-order valence-electron chi connectivity index (χ2n) is 4.21. The van der Waals surface area contributed by atoms with E-state index in [0.29, 0.717) is 24.0 Å². The number of ketones is 1. The second kappa shape index (κ2) is 3.17. The van der Waals surface area contributed by atoms with Gasteiger partial charge in [-0.2, -0.15) is 0 Å². The lowest BCUT2D eigenvalue weighted by Gasteiger charge is -2.36. The van der Waals surface area contributed by atoms with E-state index >= 15 is 0 Å². The molecule has 2 rings (SSSR count). The minimum atomic E-state index is -0.336. The summed E-state index contributed by atoms with van der Waals surface area (Å²) in [5, 5.41) is 9.40. The number of hydrogen-bond acceptors (Lipinski definition) is 2. The fourth-order valence-corrected chi connectivity index (χ4v) is 2.73. The summed E-state index contributed by atoms with van der Waals surface area (Å²) in [4.78, 5) is 11.5. The smallest absolute Gasteiger partial charge is 0.138 e. The Kier molecular flexibility index (Phi) is 2.18. The van der Waals surface area contributed by atoms with Crippen LogP contribution in [0.25, 0.3) is 0 Å². The third-order valence-corrected chi connectivity index (χ3v) is 3.33. The van der Waals surface area contributed by atoms with Crippen LogP contribution < -0.4 is 0 Å². The monoisotopic (exact) mass is 168 g/mol. The summed E-state index contributed by atoms with van der Waals surface area (Å²) >= 11 is 0. The average molecular weight is 168 g/mol. The Morgan fingerprint density at radius 2 is 2.00 bits per heavy atom. The molecule has 1 N–H and O–H groups in total. The summed E-state index contributed by atoms with van der Waals surface area (Å²) in [6.07, 6.45) is 5.66. The van der Waals surface area contributed by atoms with Crippen molar-refractivity contribution < 1.29 is 9.90 Å². The molecule has 2 aliphatic carbocycles. The van der Waals surface area contributed by atoms with Gasteiger partial charge in [0, 0.05) is 12.3 Å². The van der Waals surface area contributed by atoms with Gasteiger partial charge in [-0.25, -0.2) is 0 Å². The molecule has 0 bridgehead atoms. The van der Waals surface area contributed by atoms with E-state index in [2.05, 4.69) is 0 Å². The molecule has 0 aromatic rings. The van der Waals surface area contributed by atoms with Crippen LogP contribution in [0.2, 0.25) is 0 Å². The van der Waals surface area contributed by atoms with Crippen LogP contribution in [0.4, 0.5) is 0 Å². The van der Waals surface area contributed by atoms with Gasteiger partial charge in [0.1, 0.15) is 5.78 Å². The van der Waals surface area contributed by atoms with Crippen LogP contribution in [0.15, 0.2) is 0 Å². The molecular formula is C10H16O2. The van der Waals surface area contributed by atoms with Crippen molar-refractivity contribution in [1.82, 2.24) is 0 Å². The molecule has 2 nitrogen and oxygen atoms in total. The highest BCUT2D eigenvalue weighted by atomic mass is 16.3. The summed E-state index contributed by atoms with van der Waals surface area (Å²) in [6.45, 7) is 0. The van der Waals surface area contributed by atoms with E-state index < -0.39 is 0 Å². The topological polar surface area (TPSA) is 37.3 Å². The number of aliphatic hydroxyl groups excluding tert-OH is 1. The second-order valence-corrected chi connectivity index (χ2v) is 4.21. The SMILES string of the molecule is O=C1CC(O)CC2CCCCC12. The van der Waals surface area contributed by atoms with E-state index in [1.54, 1.807) is 0 Å². The molecule has 0 spiro atoms. The maximum absolute atomic E-state index is 11.5. The molecule has 3 unspecified atom stereocenters. The first-order chi connectivity index (χ1) is 5.77. The van der Waals surface area contributed by atoms with Crippen LogP contribution in [-0.2, 0) is 4.79 Å². The number of aliphatic hydroxyl groups is 1. The van der Waals surface area contributed by atoms with Gasteiger partial charge in [-0.1, -0.05) is 12.8 Å². The Balaban J connectivity index is 2.06. The molecule has 0 radical (unpaired) electrons. The molecule has 3 atom stereocenters. The molecule has 2 saturated carbocycles. The van der Waals surface area contributed by atoms with E-state index in [1.165, 1.54) is 12.8 Å². The zero-order valence-corrected chi connectivity index (χ0v) is 7.33. The number of carbonyl (C=O) groups is 1. The van der Waals surface area contributed by atoms with Crippen molar-refractivity contribution in [2.45, 2.75) is 44.6 Å². The highest BCUT2D eigenvalue weighted by Gasteiger charge is 2.36. The van der Waals surface area contributed by atoms with Gasteiger partial charge in [0.25, 0.3) is 0 Å². The van der Waals surface area contributed by atoms with Gasteiger partial charge in [-0.05, 0) is 25.2 Å². The van der Waals surface area contributed by atoms with Gasteiger partial charge in [-0.15, -0.1) is 0 Å². The van der Waals surface area contributed by atoms with Crippen molar-refractivity contribution in [3.63, 3.8) is 0 Å². The Morgan fingerprint density at radius 1 is 1.25 bits per heavy atom. The predicted molar refractivity (Wildman–Crippen MR) is 45.7 cm³/mol. The number of rotatable bonds is 0. The van der Waals surface area contributed by atoms with Crippen LogP contribution in [0.5, 0.6) is 0 Å². The molecule has 0 aromatic carbocycles. The fraction of sp³-hybridized carbons (Fsp3) is 0.900. The number of hydrogen-bond donors (Lipinski definition) is 1. The van der Waals surface area contributed by atoms with E-state index in [-0.39, 0.29) is 6.10 Å². The first-order valence-corrected chi connectivity index (χ1v) is 4.98. The summed E-state index contributed by atoms with van der Waals surface area (Å²) in [7, 11) is 0. The van der Waals surface area contributed by atoms with Crippen molar-refractivity contribution >= 4 is 5.78 Å². The van der Waals surface area contributed by atoms with Crippen molar-refractivity contribution in [2.75, 3.05) is 0 Å². The van der Waals surface area contributed by atoms with Gasteiger partial charge in [0.2, 0.25) is 0 Å². The molecule has 12 heavy (non-hydrogen) atoms. The van der Waals surface area contributed by atoms with E-state index in [4.69, 9.17) is 0 Å². The normalized spacial score (nSPS) is 42.4. The van der Waals surface area contributed by atoms with E-state index in [0.717, 1.165) is 19.3 Å². The molecule has 68 valence electrons. The van der Waals surface area contributed by atoms with Crippen LogP contribution in [0.1, 0.15) is 38.5 Å². The molecule has 0 saturated heterocycles. The Morgan fingerprint density at radius 3 is 2.83 bits per heavy atom. The van der Waals surface area contributed by atoms with Gasteiger partial charge < -0.3 is 5.11 Å². The standard InChI is InChI=1S/C10H16O2/c11-8-5-7-3-1-2-4-9(7)10(12)6-8/h7-9,11H,1-6H2. The fourth-order valence-electron chi connectivity index (χ4n) is 2.73. The lowest BCUT2D eigenvalue weighted by Crippen LogP contribution is -2.37. The van der Waals surface area contributed by atoms with Gasteiger partial charge in [-0.3, -0.25) is 4.79 Å². The zero-order valence-electron chi connectivity index (χ0n) is 7.33. The molecule has 0 aliphatic heterocycles. The summed E-state index contributed by atoms with van der Waals surface area (Å²) in [5.74, 6) is 1.13. The number of Topliss-reactive ketones (excluding diaryl/α,β-unsaturated/α-hetero) is 1. The van der Waals surface area contributed by atoms with Crippen LogP contribution in [0.3, 0.4) is 0 Å². The lowest BCUT2D eigenvalue weighted by molar-refractivity contribution is -0.132. The van der Waals surface area contributed by atoms with Crippen LogP contribution >= 0.6 is 0 Å². The summed E-state index contributed by atoms with van der Waals surface area (Å²) < 4.78 is 0. The average Bonchev–Trinajstić information content (AvgIpc) is 2.04. The van der Waals surface area contributed by atoms with E-state index in [1.807, 2.05) is 0 Å². The Bertz CT molecular complexity index is 188. The Labute approximate surface area is 73.0 Å². The van der Waals surface area contributed by atoms with Crippen molar-refractivity contribution in [1.29, 1.82) is 0 Å². The minimum absolute atomic E-state index is 0.308. The van der Waals surface area contributed by atoms with Gasteiger partial charge in [0.05, 0.1) is 6.10 Å². The highest BCUT2D eigenvalue weighted by molar-refractivity contribution is 5.82. The Hall–Kier alpha value is -0.370. The van der Waals surface area contributed by atoms with Crippen LogP contribution in [0, 0.1) is 11.8 Å². The molecule has 2 heteroatoms. The summed E-state index contributed by atoms with van der Waals surface area (Å²) in [5.41, 5.74) is 0. The minimum Gasteiger partial charge on any atom is -0.393 e. The molecule has 0 aromatic heterocycles. The number of fused-ring (bicyclic) bond motifs is 1. The molecular weight excluding hydrogens is 152 g/mol. The highest BCUT2D eigenvalue weighted by Crippen LogP contribution is 2.38. The largest absolute Gasteiger partial charge is 0.393 e. The molecule has 0 amide bonds. The third kappa shape index (κ3) is 1.40. The molecule has 0 heterocycles. The van der Waals surface area contributed by atoms with Crippen molar-refractivity contribution in [3.05, 3.63) is 0 Å². The summed E-state index contributed by atoms with van der Waals surface area (Å²) in [6, 6.07) is 0. The maximum atomic E-state index is 11.5. The quantitative estimate of drug-likeness (QED) is 0.595.